The predicted octanol–water partition coefficient (Wildman–Crippen LogP) is 5.50. The van der Waals surface area contributed by atoms with Crippen LogP contribution in [0.5, 0.6) is 0 Å². The number of alkyl halides is 3. The highest BCUT2D eigenvalue weighted by Gasteiger charge is 2.30. The van der Waals surface area contributed by atoms with Crippen molar-refractivity contribution in [3.8, 4) is 0 Å². The predicted molar refractivity (Wildman–Crippen MR) is 99.9 cm³/mol. The maximum absolute atomic E-state index is 12.9. The van der Waals surface area contributed by atoms with Crippen molar-refractivity contribution < 1.29 is 18.0 Å². The van der Waals surface area contributed by atoms with Crippen molar-refractivity contribution in [3.63, 3.8) is 0 Å². The van der Waals surface area contributed by atoms with Crippen molar-refractivity contribution >= 4 is 34.1 Å². The molecule has 0 saturated carbocycles. The number of amides is 1. The minimum atomic E-state index is -4.39. The third-order valence-corrected chi connectivity index (χ3v) is 4.47. The van der Waals surface area contributed by atoms with Crippen LogP contribution in [-0.4, -0.2) is 17.4 Å². The summed E-state index contributed by atoms with van der Waals surface area (Å²) in [6.07, 6.45) is -2.52. The van der Waals surface area contributed by atoms with Crippen molar-refractivity contribution in [3.05, 3.63) is 70.9 Å². The van der Waals surface area contributed by atoms with Crippen LogP contribution in [0.25, 0.3) is 10.9 Å². The number of halogens is 4. The zero-order valence-corrected chi connectivity index (χ0v) is 15.2. The molecule has 0 unspecified atom stereocenters. The average molecular weight is 393 g/mol. The highest BCUT2D eigenvalue weighted by Crippen LogP contribution is 2.30. The van der Waals surface area contributed by atoms with Gasteiger partial charge in [0.05, 0.1) is 16.8 Å². The molecular weight excluding hydrogens is 377 g/mol. The second kappa shape index (κ2) is 7.56. The van der Waals surface area contributed by atoms with Crippen LogP contribution in [0.15, 0.2) is 54.7 Å². The molecule has 27 heavy (non-hydrogen) atoms. The maximum atomic E-state index is 12.9. The van der Waals surface area contributed by atoms with E-state index < -0.39 is 11.7 Å². The summed E-state index contributed by atoms with van der Waals surface area (Å²) in [7, 11) is 0. The summed E-state index contributed by atoms with van der Waals surface area (Å²) in [5.41, 5.74) is 1.11. The SMILES string of the molecule is CC(=O)N(CCc1cccc(C(F)(F)F)c1)c1ccnc2cc(Cl)ccc12. The first kappa shape index (κ1) is 19.2. The Morgan fingerprint density at radius 1 is 1.15 bits per heavy atom. The number of nitrogens with zero attached hydrogens (tertiary/aromatic N) is 2. The summed E-state index contributed by atoms with van der Waals surface area (Å²) < 4.78 is 38.7. The summed E-state index contributed by atoms with van der Waals surface area (Å²) in [5, 5.41) is 1.28. The van der Waals surface area contributed by atoms with Crippen molar-refractivity contribution in [2.75, 3.05) is 11.4 Å². The largest absolute Gasteiger partial charge is 0.416 e. The first-order valence-electron chi connectivity index (χ1n) is 8.24. The quantitative estimate of drug-likeness (QED) is 0.587. The topological polar surface area (TPSA) is 33.2 Å². The Morgan fingerprint density at radius 3 is 2.63 bits per heavy atom. The minimum absolute atomic E-state index is 0.204. The van der Waals surface area contributed by atoms with Crippen LogP contribution in [0.3, 0.4) is 0 Å². The highest BCUT2D eigenvalue weighted by molar-refractivity contribution is 6.31. The number of rotatable bonds is 4. The van der Waals surface area contributed by atoms with E-state index >= 15 is 0 Å². The van der Waals surface area contributed by atoms with Gasteiger partial charge in [0, 0.05) is 30.1 Å². The van der Waals surface area contributed by atoms with Crippen LogP contribution in [0, 0.1) is 0 Å². The van der Waals surface area contributed by atoms with Crippen molar-refractivity contribution in [2.45, 2.75) is 19.5 Å². The smallest absolute Gasteiger partial charge is 0.312 e. The van der Waals surface area contributed by atoms with E-state index in [1.165, 1.54) is 17.9 Å². The molecule has 1 aromatic heterocycles. The van der Waals surface area contributed by atoms with Crippen LogP contribution >= 0.6 is 11.6 Å². The molecule has 0 aliphatic carbocycles. The second-order valence-electron chi connectivity index (χ2n) is 6.11. The van der Waals surface area contributed by atoms with Crippen LogP contribution < -0.4 is 4.90 Å². The lowest BCUT2D eigenvalue weighted by Gasteiger charge is -2.23. The molecule has 0 aliphatic heterocycles. The molecule has 0 spiro atoms. The molecule has 1 amide bonds. The van der Waals surface area contributed by atoms with Gasteiger partial charge in [0.2, 0.25) is 5.91 Å². The first-order valence-corrected chi connectivity index (χ1v) is 8.62. The van der Waals surface area contributed by atoms with Gasteiger partial charge in [-0.15, -0.1) is 0 Å². The zero-order chi connectivity index (χ0) is 19.6. The van der Waals surface area contributed by atoms with Gasteiger partial charge in [0.1, 0.15) is 0 Å². The lowest BCUT2D eigenvalue weighted by Crippen LogP contribution is -2.31. The Kier molecular flexibility index (Phi) is 5.37. The van der Waals surface area contributed by atoms with Crippen LogP contribution in [0.1, 0.15) is 18.1 Å². The molecule has 0 aliphatic rings. The highest BCUT2D eigenvalue weighted by atomic mass is 35.5. The van der Waals surface area contributed by atoms with Gasteiger partial charge in [0.15, 0.2) is 0 Å². The number of fused-ring (bicyclic) bond motifs is 1. The Balaban J connectivity index is 1.89. The van der Waals surface area contributed by atoms with Crippen LogP contribution in [0.4, 0.5) is 18.9 Å². The summed E-state index contributed by atoms with van der Waals surface area (Å²) in [4.78, 5) is 18.0. The molecule has 0 atom stereocenters. The standard InChI is InChI=1S/C20H16ClF3N2O/c1-13(27)26(10-8-14-3-2-4-15(11-14)20(22,23)24)19-7-9-25-18-12-16(21)5-6-17(18)19/h2-7,9,11-12H,8,10H2,1H3. The molecule has 3 aromatic rings. The van der Waals surface area contributed by atoms with E-state index in [0.717, 1.165) is 17.5 Å². The number of hydrogen-bond acceptors (Lipinski definition) is 2. The van der Waals surface area contributed by atoms with E-state index in [4.69, 9.17) is 11.6 Å². The molecule has 0 fully saturated rings. The van der Waals surface area contributed by atoms with Crippen molar-refractivity contribution in [1.29, 1.82) is 0 Å². The van der Waals surface area contributed by atoms with E-state index in [2.05, 4.69) is 4.98 Å². The summed E-state index contributed by atoms with van der Waals surface area (Å²) >= 11 is 5.99. The number of benzene rings is 2. The Bertz CT molecular complexity index is 988. The van der Waals surface area contributed by atoms with E-state index in [0.29, 0.717) is 28.2 Å². The normalized spacial score (nSPS) is 11.6. The van der Waals surface area contributed by atoms with Crippen molar-refractivity contribution in [1.82, 2.24) is 4.98 Å². The maximum Gasteiger partial charge on any atom is 0.416 e. The Morgan fingerprint density at radius 2 is 1.93 bits per heavy atom. The molecule has 3 rings (SSSR count). The lowest BCUT2D eigenvalue weighted by atomic mass is 10.1. The number of anilines is 1. The molecule has 3 nitrogen and oxygen atoms in total. The monoisotopic (exact) mass is 392 g/mol. The van der Waals surface area contributed by atoms with E-state index in [-0.39, 0.29) is 12.5 Å². The third-order valence-electron chi connectivity index (χ3n) is 4.23. The fourth-order valence-electron chi connectivity index (χ4n) is 2.93. The van der Waals surface area contributed by atoms with E-state index in [1.54, 1.807) is 36.5 Å². The fraction of sp³-hybridized carbons (Fsp3) is 0.200. The number of carbonyl (C=O) groups is 1. The van der Waals surface area contributed by atoms with Gasteiger partial charge in [-0.3, -0.25) is 9.78 Å². The second-order valence-corrected chi connectivity index (χ2v) is 6.55. The third kappa shape index (κ3) is 4.39. The number of pyridine rings is 1. The molecule has 0 bridgehead atoms. The number of hydrogen-bond donors (Lipinski definition) is 0. The van der Waals surface area contributed by atoms with Gasteiger partial charge in [-0.1, -0.05) is 29.8 Å². The number of carbonyl (C=O) groups excluding carboxylic acids is 1. The summed E-state index contributed by atoms with van der Waals surface area (Å²) in [5.74, 6) is -0.204. The van der Waals surface area contributed by atoms with Gasteiger partial charge in [0.25, 0.3) is 0 Å². The molecule has 7 heteroatoms. The summed E-state index contributed by atoms with van der Waals surface area (Å²) in [6, 6.07) is 12.0. The molecular formula is C20H16ClF3N2O. The van der Waals surface area contributed by atoms with Gasteiger partial charge in [-0.25, -0.2) is 0 Å². The average Bonchev–Trinajstić information content (AvgIpc) is 2.61. The minimum Gasteiger partial charge on any atom is -0.312 e. The lowest BCUT2D eigenvalue weighted by molar-refractivity contribution is -0.137. The molecule has 2 aromatic carbocycles. The van der Waals surface area contributed by atoms with Gasteiger partial charge >= 0.3 is 6.18 Å². The van der Waals surface area contributed by atoms with Crippen LogP contribution in [0.2, 0.25) is 5.02 Å². The summed E-state index contributed by atoms with van der Waals surface area (Å²) in [6.45, 7) is 1.67. The molecule has 140 valence electrons. The molecule has 0 radical (unpaired) electrons. The van der Waals surface area contributed by atoms with E-state index in [9.17, 15) is 18.0 Å². The number of aromatic nitrogens is 1. The van der Waals surface area contributed by atoms with Crippen LogP contribution in [-0.2, 0) is 17.4 Å². The van der Waals surface area contributed by atoms with Gasteiger partial charge in [-0.05, 0) is 42.3 Å². The Labute approximate surface area is 159 Å². The van der Waals surface area contributed by atoms with Gasteiger partial charge in [-0.2, -0.15) is 13.2 Å². The Hall–Kier alpha value is -2.60. The fourth-order valence-corrected chi connectivity index (χ4v) is 3.10. The zero-order valence-electron chi connectivity index (χ0n) is 14.4. The van der Waals surface area contributed by atoms with E-state index in [1.807, 2.05) is 0 Å². The first-order chi connectivity index (χ1) is 12.8. The molecule has 0 saturated heterocycles. The van der Waals surface area contributed by atoms with Crippen molar-refractivity contribution in [2.24, 2.45) is 0 Å². The molecule has 1 heterocycles. The molecule has 0 N–H and O–H groups in total. The van der Waals surface area contributed by atoms with Gasteiger partial charge < -0.3 is 4.90 Å².